The molecule has 3 aliphatic rings. The van der Waals surface area contributed by atoms with Crippen molar-refractivity contribution in [1.29, 1.82) is 0 Å². The van der Waals surface area contributed by atoms with E-state index in [4.69, 9.17) is 21.1 Å². The topological polar surface area (TPSA) is 59.0 Å². The van der Waals surface area contributed by atoms with Gasteiger partial charge in [0.2, 0.25) is 5.91 Å². The molecule has 172 valence electrons. The van der Waals surface area contributed by atoms with Crippen molar-refractivity contribution >= 4 is 29.3 Å². The van der Waals surface area contributed by atoms with E-state index in [9.17, 15) is 9.90 Å². The molecule has 5 nitrogen and oxygen atoms in total. The molecule has 0 radical (unpaired) electrons. The lowest BCUT2D eigenvalue weighted by Crippen LogP contribution is -2.46. The monoisotopic (exact) mass is 467 g/mol. The highest BCUT2D eigenvalue weighted by Gasteiger charge is 2.53. The molecule has 3 heterocycles. The first-order valence-corrected chi connectivity index (χ1v) is 12.6. The largest absolute Gasteiger partial charge is 0.388 e. The van der Waals surface area contributed by atoms with Gasteiger partial charge in [0.1, 0.15) is 0 Å². The lowest BCUT2D eigenvalue weighted by Gasteiger charge is -2.39. The lowest BCUT2D eigenvalue weighted by molar-refractivity contribution is -0.155. The molecular weight excluding hydrogens is 434 g/mol. The normalized spacial score (nSPS) is 30.8. The molecule has 1 N–H and O–H groups in total. The van der Waals surface area contributed by atoms with Gasteiger partial charge in [-0.15, -0.1) is 11.8 Å². The maximum atomic E-state index is 12.7. The van der Waals surface area contributed by atoms with Crippen LogP contribution in [0.1, 0.15) is 52.9 Å². The van der Waals surface area contributed by atoms with Crippen LogP contribution in [0.15, 0.2) is 29.2 Å². The van der Waals surface area contributed by atoms with E-state index in [1.165, 1.54) is 0 Å². The molecule has 7 heteroatoms. The molecule has 31 heavy (non-hydrogen) atoms. The molecule has 1 aromatic carbocycles. The quantitative estimate of drug-likeness (QED) is 0.644. The molecule has 3 saturated heterocycles. The van der Waals surface area contributed by atoms with E-state index < -0.39 is 5.60 Å². The van der Waals surface area contributed by atoms with Crippen LogP contribution in [0.3, 0.4) is 0 Å². The number of nitrogens with zero attached hydrogens (tertiary/aromatic N) is 1. The Morgan fingerprint density at radius 1 is 1.26 bits per heavy atom. The number of halogens is 1. The average molecular weight is 468 g/mol. The van der Waals surface area contributed by atoms with E-state index in [0.29, 0.717) is 10.8 Å². The minimum Gasteiger partial charge on any atom is -0.388 e. The molecule has 0 unspecified atom stereocenters. The summed E-state index contributed by atoms with van der Waals surface area (Å²) >= 11 is 7.49. The molecule has 0 aromatic heterocycles. The van der Waals surface area contributed by atoms with Gasteiger partial charge in [-0.3, -0.25) is 4.79 Å². The van der Waals surface area contributed by atoms with Crippen LogP contribution in [0.2, 0.25) is 5.02 Å². The fourth-order valence-electron chi connectivity index (χ4n) is 5.12. The third kappa shape index (κ3) is 5.25. The molecule has 1 amide bonds. The van der Waals surface area contributed by atoms with Crippen molar-refractivity contribution < 1.29 is 19.4 Å². The van der Waals surface area contributed by atoms with Crippen molar-refractivity contribution in [2.45, 2.75) is 81.2 Å². The smallest absolute Gasteiger partial charge is 0.232 e. The van der Waals surface area contributed by atoms with Crippen LogP contribution < -0.4 is 0 Å². The van der Waals surface area contributed by atoms with Gasteiger partial charge in [-0.05, 0) is 82.6 Å². The van der Waals surface area contributed by atoms with Gasteiger partial charge in [0.15, 0.2) is 0 Å². The minimum atomic E-state index is -0.830. The Kier molecular flexibility index (Phi) is 6.68. The summed E-state index contributed by atoms with van der Waals surface area (Å²) in [5, 5.41) is 11.0. The Morgan fingerprint density at radius 2 is 1.94 bits per heavy atom. The SMILES string of the molecule is CC(C)(O)[C@@H]1CC[C@](C)([C@@H]2CC3(CCN(C(=O)CSc4ccc(Cl)cc4)CC3)CO2)O1. The fourth-order valence-corrected chi connectivity index (χ4v) is 6.05. The molecule has 4 rings (SSSR count). The summed E-state index contributed by atoms with van der Waals surface area (Å²) in [4.78, 5) is 15.8. The molecule has 3 aliphatic heterocycles. The first-order chi connectivity index (χ1) is 14.6. The zero-order chi connectivity index (χ0) is 22.3. The molecule has 0 aliphatic carbocycles. The van der Waals surface area contributed by atoms with Crippen LogP contribution in [0.25, 0.3) is 0 Å². The summed E-state index contributed by atoms with van der Waals surface area (Å²) in [5.74, 6) is 0.655. The number of hydrogen-bond acceptors (Lipinski definition) is 5. The standard InChI is InChI=1S/C24H34ClNO4S/c1-22(2,28)19-8-9-23(3,30-19)20-14-24(16-29-20)10-12-26(13-11-24)21(27)15-31-18-6-4-17(25)5-7-18/h4-7,19-20,28H,8-16H2,1-3H3/t19-,20-,23+/m0/s1. The number of piperidine rings is 1. The van der Waals surface area contributed by atoms with Crippen molar-refractivity contribution in [2.24, 2.45) is 5.41 Å². The number of aliphatic hydroxyl groups is 1. The number of benzene rings is 1. The number of thioether (sulfide) groups is 1. The van der Waals surface area contributed by atoms with Crippen LogP contribution in [0.4, 0.5) is 0 Å². The zero-order valence-corrected chi connectivity index (χ0v) is 20.3. The summed E-state index contributed by atoms with van der Waals surface area (Å²) in [7, 11) is 0. The third-order valence-electron chi connectivity index (χ3n) is 7.35. The first kappa shape index (κ1) is 23.4. The molecule has 0 bridgehead atoms. The Balaban J connectivity index is 1.27. The van der Waals surface area contributed by atoms with Crippen molar-refractivity contribution in [3.05, 3.63) is 29.3 Å². The molecule has 1 spiro atoms. The lowest BCUT2D eigenvalue weighted by atomic mass is 9.74. The molecule has 3 atom stereocenters. The van der Waals surface area contributed by atoms with Gasteiger partial charge < -0.3 is 19.5 Å². The minimum absolute atomic E-state index is 0.0579. The molecular formula is C24H34ClNO4S. The molecule has 0 saturated carbocycles. The number of amides is 1. The van der Waals surface area contributed by atoms with E-state index in [0.717, 1.165) is 56.7 Å². The zero-order valence-electron chi connectivity index (χ0n) is 18.7. The predicted octanol–water partition coefficient (Wildman–Crippen LogP) is 4.54. The second-order valence-corrected chi connectivity index (χ2v) is 11.7. The average Bonchev–Trinajstić information content (AvgIpc) is 3.33. The number of ether oxygens (including phenoxy) is 2. The summed E-state index contributed by atoms with van der Waals surface area (Å²) in [6.45, 7) is 8.09. The van der Waals surface area contributed by atoms with Crippen LogP contribution in [-0.4, -0.2) is 64.8 Å². The van der Waals surface area contributed by atoms with Crippen molar-refractivity contribution in [3.63, 3.8) is 0 Å². The van der Waals surface area contributed by atoms with Crippen molar-refractivity contribution in [2.75, 3.05) is 25.4 Å². The Morgan fingerprint density at radius 3 is 2.55 bits per heavy atom. The van der Waals surface area contributed by atoms with Crippen molar-refractivity contribution in [1.82, 2.24) is 4.90 Å². The number of hydrogen-bond donors (Lipinski definition) is 1. The maximum Gasteiger partial charge on any atom is 0.232 e. The van der Waals surface area contributed by atoms with Crippen LogP contribution >= 0.6 is 23.4 Å². The summed E-state index contributed by atoms with van der Waals surface area (Å²) in [5.41, 5.74) is -1.02. The van der Waals surface area contributed by atoms with E-state index in [1.54, 1.807) is 11.8 Å². The van der Waals surface area contributed by atoms with E-state index in [2.05, 4.69) is 6.92 Å². The van der Waals surface area contributed by atoms with Crippen LogP contribution in [0.5, 0.6) is 0 Å². The number of likely N-dealkylation sites (tertiary alicyclic amines) is 1. The van der Waals surface area contributed by atoms with Crippen LogP contribution in [-0.2, 0) is 14.3 Å². The molecule has 1 aromatic rings. The van der Waals surface area contributed by atoms with Gasteiger partial charge in [-0.1, -0.05) is 11.6 Å². The Hall–Kier alpha value is -0.790. The van der Waals surface area contributed by atoms with Gasteiger partial charge >= 0.3 is 0 Å². The highest BCUT2D eigenvalue weighted by molar-refractivity contribution is 8.00. The summed E-state index contributed by atoms with van der Waals surface area (Å²) in [6.07, 6.45) is 4.62. The summed E-state index contributed by atoms with van der Waals surface area (Å²) < 4.78 is 12.6. The van der Waals surface area contributed by atoms with Gasteiger partial charge in [-0.25, -0.2) is 0 Å². The number of carbonyl (C=O) groups excluding carboxylic acids is 1. The maximum absolute atomic E-state index is 12.7. The van der Waals surface area contributed by atoms with E-state index in [1.807, 2.05) is 43.0 Å². The predicted molar refractivity (Wildman–Crippen MR) is 124 cm³/mol. The van der Waals surface area contributed by atoms with Crippen molar-refractivity contribution in [3.8, 4) is 0 Å². The third-order valence-corrected chi connectivity index (χ3v) is 8.59. The van der Waals surface area contributed by atoms with Crippen LogP contribution in [0, 0.1) is 5.41 Å². The fraction of sp³-hybridized carbons (Fsp3) is 0.708. The Bertz CT molecular complexity index is 788. The second-order valence-electron chi connectivity index (χ2n) is 10.2. The highest BCUT2D eigenvalue weighted by atomic mass is 35.5. The van der Waals surface area contributed by atoms with Gasteiger partial charge in [0.05, 0.1) is 35.8 Å². The first-order valence-electron chi connectivity index (χ1n) is 11.3. The van der Waals surface area contributed by atoms with E-state index >= 15 is 0 Å². The van der Waals surface area contributed by atoms with E-state index in [-0.39, 0.29) is 29.1 Å². The number of rotatable bonds is 5. The molecule has 3 fully saturated rings. The second kappa shape index (κ2) is 8.86. The van der Waals surface area contributed by atoms with Gasteiger partial charge in [-0.2, -0.15) is 0 Å². The summed E-state index contributed by atoms with van der Waals surface area (Å²) in [6, 6.07) is 7.62. The number of carbonyl (C=O) groups is 1. The highest BCUT2D eigenvalue weighted by Crippen LogP contribution is 2.49. The van der Waals surface area contributed by atoms with Gasteiger partial charge in [0.25, 0.3) is 0 Å². The van der Waals surface area contributed by atoms with Gasteiger partial charge in [0, 0.05) is 23.0 Å². The Labute approximate surface area is 194 Å².